The lowest BCUT2D eigenvalue weighted by atomic mass is 9.64. The highest BCUT2D eigenvalue weighted by atomic mass is 35.5. The third-order valence-corrected chi connectivity index (χ3v) is 8.46. The molecule has 2 saturated carbocycles. The molecule has 0 radical (unpaired) electrons. The molecule has 1 aliphatic heterocycles. The Morgan fingerprint density at radius 2 is 1.88 bits per heavy atom. The summed E-state index contributed by atoms with van der Waals surface area (Å²) in [5.74, 6) is 1.55. The Morgan fingerprint density at radius 1 is 1.06 bits per heavy atom. The van der Waals surface area contributed by atoms with Crippen LogP contribution in [0.5, 0.6) is 11.5 Å². The van der Waals surface area contributed by atoms with Gasteiger partial charge in [0.05, 0.1) is 14.2 Å². The fourth-order valence-corrected chi connectivity index (χ4v) is 6.46. The van der Waals surface area contributed by atoms with E-state index in [2.05, 4.69) is 27.7 Å². The summed E-state index contributed by atoms with van der Waals surface area (Å²) >= 11 is 6.07. The summed E-state index contributed by atoms with van der Waals surface area (Å²) in [6.07, 6.45) is 7.97. The van der Waals surface area contributed by atoms with Crippen LogP contribution in [-0.4, -0.2) is 49.8 Å². The molecule has 3 aliphatic rings. The summed E-state index contributed by atoms with van der Waals surface area (Å²) in [7, 11) is 3.38. The minimum Gasteiger partial charge on any atom is -0.493 e. The van der Waals surface area contributed by atoms with Gasteiger partial charge in [-0.25, -0.2) is 4.79 Å². The SMILES string of the molecule is COc1ccc([C@@]23CC[C@@H](NC(=O)Nc4cccc(Cl)c4)C[C@@H]2N(C2CCC2)CC3)cc1OC. The molecule has 1 saturated heterocycles. The number of ether oxygens (including phenoxy) is 2. The maximum Gasteiger partial charge on any atom is 0.319 e. The summed E-state index contributed by atoms with van der Waals surface area (Å²) in [5.41, 5.74) is 2.12. The first-order chi connectivity index (χ1) is 16.5. The van der Waals surface area contributed by atoms with Crippen molar-refractivity contribution in [2.75, 3.05) is 26.1 Å². The van der Waals surface area contributed by atoms with Gasteiger partial charge in [0.2, 0.25) is 0 Å². The zero-order valence-corrected chi connectivity index (χ0v) is 20.7. The molecule has 182 valence electrons. The predicted octanol–water partition coefficient (Wildman–Crippen LogP) is 5.60. The lowest BCUT2D eigenvalue weighted by Gasteiger charge is -2.48. The molecular weight excluding hydrogens is 450 g/mol. The van der Waals surface area contributed by atoms with Crippen LogP contribution in [-0.2, 0) is 5.41 Å². The Kier molecular flexibility index (Phi) is 6.63. The number of urea groups is 1. The van der Waals surface area contributed by atoms with E-state index in [-0.39, 0.29) is 17.5 Å². The van der Waals surface area contributed by atoms with Gasteiger partial charge in [0.25, 0.3) is 0 Å². The van der Waals surface area contributed by atoms with Crippen LogP contribution in [0.4, 0.5) is 10.5 Å². The van der Waals surface area contributed by atoms with Gasteiger partial charge in [0.1, 0.15) is 0 Å². The number of methoxy groups -OCH3 is 2. The number of rotatable bonds is 6. The van der Waals surface area contributed by atoms with Crippen LogP contribution in [0.25, 0.3) is 0 Å². The van der Waals surface area contributed by atoms with Crippen LogP contribution in [0.1, 0.15) is 50.5 Å². The number of likely N-dealkylation sites (tertiary alicyclic amines) is 1. The monoisotopic (exact) mass is 483 g/mol. The zero-order valence-electron chi connectivity index (χ0n) is 20.0. The van der Waals surface area contributed by atoms with E-state index in [0.717, 1.165) is 43.7 Å². The largest absolute Gasteiger partial charge is 0.493 e. The summed E-state index contributed by atoms with van der Waals surface area (Å²) in [4.78, 5) is 15.5. The molecule has 2 amide bonds. The number of benzene rings is 2. The normalized spacial score (nSPS) is 26.9. The number of fused-ring (bicyclic) bond motifs is 1. The van der Waals surface area contributed by atoms with Crippen LogP contribution in [0.2, 0.25) is 5.02 Å². The van der Waals surface area contributed by atoms with Crippen LogP contribution in [0, 0.1) is 0 Å². The minimum absolute atomic E-state index is 0.0801. The van der Waals surface area contributed by atoms with Crippen LogP contribution in [0.3, 0.4) is 0 Å². The second-order valence-corrected chi connectivity index (χ2v) is 10.3. The van der Waals surface area contributed by atoms with E-state index in [1.165, 1.54) is 24.8 Å². The lowest BCUT2D eigenvalue weighted by molar-refractivity contribution is 0.0646. The highest BCUT2D eigenvalue weighted by Gasteiger charge is 2.53. The van der Waals surface area contributed by atoms with Gasteiger partial charge in [-0.05, 0) is 81.0 Å². The highest BCUT2D eigenvalue weighted by molar-refractivity contribution is 6.30. The van der Waals surface area contributed by atoms with Gasteiger partial charge < -0.3 is 20.1 Å². The molecule has 3 atom stereocenters. The second kappa shape index (κ2) is 9.67. The number of halogens is 1. The third-order valence-electron chi connectivity index (χ3n) is 8.22. The first-order valence-corrected chi connectivity index (χ1v) is 12.7. The summed E-state index contributed by atoms with van der Waals surface area (Å²) in [5, 5.41) is 6.78. The second-order valence-electron chi connectivity index (χ2n) is 9.89. The molecule has 2 aromatic carbocycles. The van der Waals surface area contributed by atoms with Crippen molar-refractivity contribution in [1.82, 2.24) is 10.2 Å². The summed E-state index contributed by atoms with van der Waals surface area (Å²) < 4.78 is 11.1. The molecule has 2 aliphatic carbocycles. The molecule has 3 fully saturated rings. The molecule has 34 heavy (non-hydrogen) atoms. The van der Waals surface area contributed by atoms with Crippen LogP contribution < -0.4 is 20.1 Å². The highest BCUT2D eigenvalue weighted by Crippen LogP contribution is 2.52. The van der Waals surface area contributed by atoms with Crippen molar-refractivity contribution in [3.05, 3.63) is 53.1 Å². The fourth-order valence-electron chi connectivity index (χ4n) is 6.27. The van der Waals surface area contributed by atoms with Crippen LogP contribution >= 0.6 is 11.6 Å². The molecule has 0 aromatic heterocycles. The van der Waals surface area contributed by atoms with E-state index in [1.54, 1.807) is 26.4 Å². The number of hydrogen-bond acceptors (Lipinski definition) is 4. The number of nitrogens with one attached hydrogen (secondary N) is 2. The van der Waals surface area contributed by atoms with E-state index in [4.69, 9.17) is 21.1 Å². The fraction of sp³-hybridized carbons (Fsp3) is 0.519. The molecule has 2 N–H and O–H groups in total. The van der Waals surface area contributed by atoms with Gasteiger partial charge in [0, 0.05) is 34.3 Å². The number of nitrogens with zero attached hydrogens (tertiary/aromatic N) is 1. The van der Waals surface area contributed by atoms with Crippen molar-refractivity contribution in [1.29, 1.82) is 0 Å². The first-order valence-electron chi connectivity index (χ1n) is 12.3. The Morgan fingerprint density at radius 3 is 2.59 bits per heavy atom. The van der Waals surface area contributed by atoms with Crippen molar-refractivity contribution in [2.45, 2.75) is 68.5 Å². The van der Waals surface area contributed by atoms with Crippen molar-refractivity contribution < 1.29 is 14.3 Å². The molecular formula is C27H34ClN3O3. The van der Waals surface area contributed by atoms with Gasteiger partial charge in [-0.2, -0.15) is 0 Å². The maximum atomic E-state index is 12.8. The summed E-state index contributed by atoms with van der Waals surface area (Å²) in [6, 6.07) is 14.7. The van der Waals surface area contributed by atoms with Gasteiger partial charge >= 0.3 is 6.03 Å². The van der Waals surface area contributed by atoms with Crippen molar-refractivity contribution >= 4 is 23.3 Å². The number of hydrogen-bond donors (Lipinski definition) is 2. The van der Waals surface area contributed by atoms with Gasteiger partial charge in [-0.3, -0.25) is 4.90 Å². The first kappa shape index (κ1) is 23.3. The van der Waals surface area contributed by atoms with E-state index in [9.17, 15) is 4.79 Å². The molecule has 1 heterocycles. The van der Waals surface area contributed by atoms with Crippen molar-refractivity contribution in [2.24, 2.45) is 0 Å². The van der Waals surface area contributed by atoms with E-state index >= 15 is 0 Å². The van der Waals surface area contributed by atoms with Gasteiger partial charge in [0.15, 0.2) is 11.5 Å². The van der Waals surface area contributed by atoms with E-state index in [1.807, 2.05) is 18.2 Å². The Balaban J connectivity index is 1.36. The van der Waals surface area contributed by atoms with Gasteiger partial charge in [-0.1, -0.05) is 30.2 Å². The molecule has 0 unspecified atom stereocenters. The molecule has 0 spiro atoms. The molecule has 5 rings (SSSR count). The van der Waals surface area contributed by atoms with Crippen LogP contribution in [0.15, 0.2) is 42.5 Å². The lowest BCUT2D eigenvalue weighted by Crippen LogP contribution is -2.55. The maximum absolute atomic E-state index is 12.8. The number of anilines is 1. The quantitative estimate of drug-likeness (QED) is 0.561. The van der Waals surface area contributed by atoms with Crippen molar-refractivity contribution in [3.8, 4) is 11.5 Å². The standard InChI is InChI=1S/C27H34ClN3O3/c1-33-23-10-9-18(15-24(23)34-2)27-12-11-21(17-25(27)31(14-13-27)22-7-4-8-22)30-26(32)29-20-6-3-5-19(28)16-20/h3,5-6,9-10,15-16,21-22,25H,4,7-8,11-14,17H2,1-2H3,(H2,29,30,32)/t21-,25+,27+/m1/s1. The molecule has 0 bridgehead atoms. The van der Waals surface area contributed by atoms with Crippen molar-refractivity contribution in [3.63, 3.8) is 0 Å². The average molecular weight is 484 g/mol. The zero-order chi connectivity index (χ0) is 23.7. The smallest absolute Gasteiger partial charge is 0.319 e. The van der Waals surface area contributed by atoms with E-state index in [0.29, 0.717) is 22.8 Å². The summed E-state index contributed by atoms with van der Waals surface area (Å²) in [6.45, 7) is 1.12. The minimum atomic E-state index is -0.168. The number of amides is 2. The van der Waals surface area contributed by atoms with Gasteiger partial charge in [-0.15, -0.1) is 0 Å². The third kappa shape index (κ3) is 4.34. The van der Waals surface area contributed by atoms with E-state index < -0.39 is 0 Å². The topological polar surface area (TPSA) is 62.8 Å². The average Bonchev–Trinajstić information content (AvgIpc) is 3.17. The molecule has 7 heteroatoms. The predicted molar refractivity (Wildman–Crippen MR) is 135 cm³/mol. The molecule has 6 nitrogen and oxygen atoms in total. The number of carbonyl (C=O) groups is 1. The Bertz CT molecular complexity index is 1040. The number of carbonyl (C=O) groups excluding carboxylic acids is 1. The molecule has 2 aromatic rings. The Hall–Kier alpha value is -2.44. The Labute approximate surface area is 206 Å².